The third kappa shape index (κ3) is 8.14. The number of unbranched alkanes of at least 4 members (excludes halogenated alkanes) is 1. The normalized spacial score (nSPS) is 23.4. The maximum atomic E-state index is 12.0. The second kappa shape index (κ2) is 8.46. The Morgan fingerprint density at radius 1 is 1.29 bits per heavy atom. The molecule has 4 nitrogen and oxygen atoms in total. The first-order valence-corrected chi connectivity index (χ1v) is 7.57. The highest BCUT2D eigenvalue weighted by molar-refractivity contribution is 5.79. The van der Waals surface area contributed by atoms with E-state index in [9.17, 15) is 13.2 Å². The van der Waals surface area contributed by atoms with Gasteiger partial charge in [-0.05, 0) is 39.5 Å². The van der Waals surface area contributed by atoms with Crippen LogP contribution in [-0.2, 0) is 4.74 Å². The van der Waals surface area contributed by atoms with Crippen molar-refractivity contribution in [3.05, 3.63) is 0 Å². The van der Waals surface area contributed by atoms with Gasteiger partial charge in [-0.15, -0.1) is 0 Å². The van der Waals surface area contributed by atoms with Gasteiger partial charge in [0, 0.05) is 26.1 Å². The SMILES string of the molecule is CCNC(=NCC1(C)CCCO1)NCCCCC(F)(F)F. The number of aliphatic imine (C=N–C) groups is 1. The third-order valence-electron chi connectivity index (χ3n) is 3.40. The van der Waals surface area contributed by atoms with Crippen LogP contribution in [-0.4, -0.2) is 44.0 Å². The summed E-state index contributed by atoms with van der Waals surface area (Å²) in [6, 6.07) is 0. The van der Waals surface area contributed by atoms with Crippen molar-refractivity contribution in [3.8, 4) is 0 Å². The molecular formula is C14H26F3N3O. The molecule has 7 heteroatoms. The van der Waals surface area contributed by atoms with Gasteiger partial charge in [-0.3, -0.25) is 4.99 Å². The molecule has 0 aliphatic carbocycles. The van der Waals surface area contributed by atoms with Gasteiger partial charge in [0.25, 0.3) is 0 Å². The summed E-state index contributed by atoms with van der Waals surface area (Å²) in [7, 11) is 0. The molecule has 2 N–H and O–H groups in total. The fourth-order valence-corrected chi connectivity index (χ4v) is 2.21. The molecule has 0 spiro atoms. The van der Waals surface area contributed by atoms with Crippen molar-refractivity contribution in [2.24, 2.45) is 4.99 Å². The van der Waals surface area contributed by atoms with E-state index in [2.05, 4.69) is 15.6 Å². The Morgan fingerprint density at radius 2 is 2.05 bits per heavy atom. The molecule has 0 aromatic rings. The zero-order valence-electron chi connectivity index (χ0n) is 12.9. The van der Waals surface area contributed by atoms with Gasteiger partial charge in [-0.1, -0.05) is 0 Å². The Bertz CT molecular complexity index is 326. The van der Waals surface area contributed by atoms with E-state index in [0.717, 1.165) is 19.4 Å². The Morgan fingerprint density at radius 3 is 2.62 bits per heavy atom. The van der Waals surface area contributed by atoms with Gasteiger partial charge in [0.15, 0.2) is 5.96 Å². The number of rotatable bonds is 7. The number of guanidine groups is 1. The highest BCUT2D eigenvalue weighted by Crippen LogP contribution is 2.25. The molecule has 0 amide bonds. The molecule has 1 fully saturated rings. The van der Waals surface area contributed by atoms with Gasteiger partial charge in [0.05, 0.1) is 12.1 Å². The fraction of sp³-hybridized carbons (Fsp3) is 0.929. The van der Waals surface area contributed by atoms with Crippen molar-refractivity contribution < 1.29 is 17.9 Å². The van der Waals surface area contributed by atoms with E-state index in [1.54, 1.807) is 0 Å². The molecule has 1 aliphatic heterocycles. The van der Waals surface area contributed by atoms with E-state index in [4.69, 9.17) is 4.74 Å². The summed E-state index contributed by atoms with van der Waals surface area (Å²) in [6.07, 6.45) is -2.15. The molecule has 1 unspecified atom stereocenters. The van der Waals surface area contributed by atoms with Crippen LogP contribution in [0.5, 0.6) is 0 Å². The number of halogens is 3. The summed E-state index contributed by atoms with van der Waals surface area (Å²) < 4.78 is 41.7. The van der Waals surface area contributed by atoms with Crippen molar-refractivity contribution in [2.75, 3.05) is 26.2 Å². The number of nitrogens with one attached hydrogen (secondary N) is 2. The number of nitrogens with zero attached hydrogens (tertiary/aromatic N) is 1. The van der Waals surface area contributed by atoms with Gasteiger partial charge in [0.1, 0.15) is 0 Å². The first-order valence-electron chi connectivity index (χ1n) is 7.57. The average Bonchev–Trinajstić information content (AvgIpc) is 2.81. The standard InChI is InChI=1S/C14H26F3N3O/c1-3-18-12(19-9-5-4-8-14(15,16)17)20-11-13(2)7-6-10-21-13/h3-11H2,1-2H3,(H2,18,19,20). The van der Waals surface area contributed by atoms with E-state index >= 15 is 0 Å². The topological polar surface area (TPSA) is 45.7 Å². The molecule has 1 rings (SSSR count). The van der Waals surface area contributed by atoms with Crippen LogP contribution in [0.25, 0.3) is 0 Å². The summed E-state index contributed by atoms with van der Waals surface area (Å²) in [6.45, 7) is 6.52. The predicted octanol–water partition coefficient (Wildman–Crippen LogP) is 2.84. The monoisotopic (exact) mass is 309 g/mol. The maximum absolute atomic E-state index is 12.0. The van der Waals surface area contributed by atoms with Gasteiger partial charge in [0.2, 0.25) is 0 Å². The van der Waals surface area contributed by atoms with Crippen molar-refractivity contribution >= 4 is 5.96 Å². The number of ether oxygens (including phenoxy) is 1. The maximum Gasteiger partial charge on any atom is 0.389 e. The highest BCUT2D eigenvalue weighted by atomic mass is 19.4. The largest absolute Gasteiger partial charge is 0.389 e. The summed E-state index contributed by atoms with van der Waals surface area (Å²) in [4.78, 5) is 4.46. The van der Waals surface area contributed by atoms with Gasteiger partial charge in [-0.25, -0.2) is 0 Å². The lowest BCUT2D eigenvalue weighted by atomic mass is 10.0. The van der Waals surface area contributed by atoms with Crippen LogP contribution in [0.15, 0.2) is 4.99 Å². The van der Waals surface area contributed by atoms with E-state index in [1.807, 2.05) is 13.8 Å². The zero-order chi connectivity index (χ0) is 15.8. The lowest BCUT2D eigenvalue weighted by Crippen LogP contribution is -2.39. The van der Waals surface area contributed by atoms with Crippen LogP contribution in [0.3, 0.4) is 0 Å². The molecule has 1 atom stereocenters. The molecule has 1 heterocycles. The van der Waals surface area contributed by atoms with Crippen LogP contribution in [0, 0.1) is 0 Å². The van der Waals surface area contributed by atoms with Gasteiger partial charge < -0.3 is 15.4 Å². The van der Waals surface area contributed by atoms with E-state index in [1.165, 1.54) is 0 Å². The Labute approximate surface area is 124 Å². The van der Waals surface area contributed by atoms with E-state index in [-0.39, 0.29) is 12.0 Å². The fourth-order valence-electron chi connectivity index (χ4n) is 2.21. The second-order valence-electron chi connectivity index (χ2n) is 5.60. The first-order chi connectivity index (χ1) is 9.85. The number of hydrogen-bond acceptors (Lipinski definition) is 2. The Balaban J connectivity index is 2.28. The summed E-state index contributed by atoms with van der Waals surface area (Å²) >= 11 is 0. The van der Waals surface area contributed by atoms with Crippen LogP contribution in [0.2, 0.25) is 0 Å². The van der Waals surface area contributed by atoms with Crippen molar-refractivity contribution in [1.29, 1.82) is 0 Å². The lowest BCUT2D eigenvalue weighted by molar-refractivity contribution is -0.135. The molecule has 0 saturated carbocycles. The predicted molar refractivity (Wildman–Crippen MR) is 77.5 cm³/mol. The zero-order valence-corrected chi connectivity index (χ0v) is 12.9. The molecule has 0 bridgehead atoms. The number of alkyl halides is 3. The van der Waals surface area contributed by atoms with Gasteiger partial charge in [-0.2, -0.15) is 13.2 Å². The van der Waals surface area contributed by atoms with Gasteiger partial charge >= 0.3 is 6.18 Å². The molecule has 1 saturated heterocycles. The molecule has 1 aliphatic rings. The Hall–Kier alpha value is -0.980. The molecule has 0 aromatic heterocycles. The Kier molecular flexibility index (Phi) is 7.28. The molecular weight excluding hydrogens is 283 g/mol. The summed E-state index contributed by atoms with van der Waals surface area (Å²) in [5.41, 5.74) is -0.210. The second-order valence-corrected chi connectivity index (χ2v) is 5.60. The molecule has 0 aromatic carbocycles. The van der Waals surface area contributed by atoms with Crippen molar-refractivity contribution in [3.63, 3.8) is 0 Å². The number of hydrogen-bond donors (Lipinski definition) is 2. The lowest BCUT2D eigenvalue weighted by Gasteiger charge is -2.21. The minimum Gasteiger partial charge on any atom is -0.373 e. The quantitative estimate of drug-likeness (QED) is 0.432. The minimum atomic E-state index is -4.06. The minimum absolute atomic E-state index is 0.136. The van der Waals surface area contributed by atoms with Crippen molar-refractivity contribution in [1.82, 2.24) is 10.6 Å². The van der Waals surface area contributed by atoms with E-state index in [0.29, 0.717) is 32.0 Å². The van der Waals surface area contributed by atoms with Crippen LogP contribution < -0.4 is 10.6 Å². The van der Waals surface area contributed by atoms with Crippen LogP contribution >= 0.6 is 0 Å². The summed E-state index contributed by atoms with van der Waals surface area (Å²) in [5, 5.41) is 6.16. The van der Waals surface area contributed by atoms with E-state index < -0.39 is 12.6 Å². The van der Waals surface area contributed by atoms with Crippen molar-refractivity contribution in [2.45, 2.75) is 57.7 Å². The smallest absolute Gasteiger partial charge is 0.373 e. The molecule has 21 heavy (non-hydrogen) atoms. The first kappa shape index (κ1) is 18.1. The third-order valence-corrected chi connectivity index (χ3v) is 3.40. The highest BCUT2D eigenvalue weighted by Gasteiger charge is 2.29. The van der Waals surface area contributed by atoms with Crippen LogP contribution in [0.1, 0.15) is 46.0 Å². The average molecular weight is 309 g/mol. The molecule has 124 valence electrons. The van der Waals surface area contributed by atoms with Crippen LogP contribution in [0.4, 0.5) is 13.2 Å². The molecule has 0 radical (unpaired) electrons. The summed E-state index contributed by atoms with van der Waals surface area (Å²) in [5.74, 6) is 0.640.